The first kappa shape index (κ1) is 10.6. The molecule has 1 atom stereocenters. The maximum Gasteiger partial charge on any atom is 0.250 e. The van der Waals surface area contributed by atoms with E-state index in [0.29, 0.717) is 13.2 Å². The van der Waals surface area contributed by atoms with E-state index in [1.54, 1.807) is 13.3 Å². The van der Waals surface area contributed by atoms with Crippen LogP contribution in [-0.4, -0.2) is 37.6 Å². The highest BCUT2D eigenvalue weighted by Gasteiger charge is 2.26. The fourth-order valence-electron chi connectivity index (χ4n) is 1.64. The van der Waals surface area contributed by atoms with Gasteiger partial charge in [0, 0.05) is 25.4 Å². The van der Waals surface area contributed by atoms with Crippen LogP contribution in [0.15, 0.2) is 6.20 Å². The van der Waals surface area contributed by atoms with Crippen LogP contribution in [0.2, 0.25) is 0 Å². The van der Waals surface area contributed by atoms with Crippen LogP contribution in [-0.2, 0) is 21.3 Å². The Morgan fingerprint density at radius 2 is 2.47 bits per heavy atom. The SMILES string of the molecule is COCC1NCc2nn(S(C)(=O)=O)cc21. The normalized spacial score (nSPS) is 20.5. The van der Waals surface area contributed by atoms with Gasteiger partial charge in [0.2, 0.25) is 0 Å². The fraction of sp³-hybridized carbons (Fsp3) is 0.625. The third kappa shape index (κ3) is 1.90. The van der Waals surface area contributed by atoms with Crippen LogP contribution in [0, 0.1) is 0 Å². The molecule has 0 amide bonds. The molecule has 6 nitrogen and oxygen atoms in total. The number of aromatic nitrogens is 2. The number of hydrogen-bond donors (Lipinski definition) is 1. The zero-order valence-electron chi connectivity index (χ0n) is 8.60. The summed E-state index contributed by atoms with van der Waals surface area (Å²) in [7, 11) is -1.67. The van der Waals surface area contributed by atoms with E-state index in [0.717, 1.165) is 21.6 Å². The van der Waals surface area contributed by atoms with Gasteiger partial charge in [-0.25, -0.2) is 8.42 Å². The van der Waals surface area contributed by atoms with Gasteiger partial charge in [0.1, 0.15) is 0 Å². The first-order valence-electron chi connectivity index (χ1n) is 4.53. The second-order valence-corrected chi connectivity index (χ2v) is 5.40. The average Bonchev–Trinajstić information content (AvgIpc) is 2.65. The third-order valence-electron chi connectivity index (χ3n) is 2.37. The van der Waals surface area contributed by atoms with Gasteiger partial charge in [-0.05, 0) is 0 Å². The summed E-state index contributed by atoms with van der Waals surface area (Å²) in [6, 6.07) is 0.0421. The van der Waals surface area contributed by atoms with Crippen molar-refractivity contribution in [3.05, 3.63) is 17.5 Å². The van der Waals surface area contributed by atoms with Crippen molar-refractivity contribution in [2.45, 2.75) is 12.6 Å². The predicted octanol–water partition coefficient (Wildman–Crippen LogP) is -0.518. The lowest BCUT2D eigenvalue weighted by molar-refractivity contribution is 0.171. The summed E-state index contributed by atoms with van der Waals surface area (Å²) < 4.78 is 28.5. The molecule has 2 heterocycles. The molecule has 0 aromatic carbocycles. The molecule has 1 aliphatic rings. The lowest BCUT2D eigenvalue weighted by Gasteiger charge is -2.08. The Bertz CT molecular complexity index is 465. The zero-order chi connectivity index (χ0) is 11.1. The summed E-state index contributed by atoms with van der Waals surface area (Å²) in [5, 5.41) is 7.19. The number of nitrogens with zero attached hydrogens (tertiary/aromatic N) is 2. The molecule has 1 unspecified atom stereocenters. The quantitative estimate of drug-likeness (QED) is 0.758. The minimum atomic E-state index is -3.28. The van der Waals surface area contributed by atoms with Gasteiger partial charge in [0.15, 0.2) is 0 Å². The van der Waals surface area contributed by atoms with Gasteiger partial charge in [-0.3, -0.25) is 0 Å². The van der Waals surface area contributed by atoms with Gasteiger partial charge < -0.3 is 10.1 Å². The van der Waals surface area contributed by atoms with Crippen LogP contribution in [0.4, 0.5) is 0 Å². The maximum atomic E-state index is 11.3. The maximum absolute atomic E-state index is 11.3. The van der Waals surface area contributed by atoms with Crippen molar-refractivity contribution in [1.29, 1.82) is 0 Å². The van der Waals surface area contributed by atoms with Crippen LogP contribution >= 0.6 is 0 Å². The number of ether oxygens (including phenoxy) is 1. The minimum Gasteiger partial charge on any atom is -0.383 e. The molecule has 15 heavy (non-hydrogen) atoms. The molecule has 7 heteroatoms. The third-order valence-corrected chi connectivity index (χ3v) is 3.23. The van der Waals surface area contributed by atoms with Gasteiger partial charge in [-0.2, -0.15) is 9.19 Å². The van der Waals surface area contributed by atoms with E-state index >= 15 is 0 Å². The van der Waals surface area contributed by atoms with Crippen molar-refractivity contribution < 1.29 is 13.2 Å². The molecule has 1 aliphatic heterocycles. The summed E-state index contributed by atoms with van der Waals surface area (Å²) >= 11 is 0. The van der Waals surface area contributed by atoms with E-state index in [2.05, 4.69) is 10.4 Å². The van der Waals surface area contributed by atoms with E-state index in [-0.39, 0.29) is 6.04 Å². The second-order valence-electron chi connectivity index (χ2n) is 3.56. The van der Waals surface area contributed by atoms with Crippen molar-refractivity contribution in [3.63, 3.8) is 0 Å². The summed E-state index contributed by atoms with van der Waals surface area (Å²) in [6.07, 6.45) is 2.68. The van der Waals surface area contributed by atoms with Crippen LogP contribution < -0.4 is 5.32 Å². The topological polar surface area (TPSA) is 73.2 Å². The summed E-state index contributed by atoms with van der Waals surface area (Å²) in [5.74, 6) is 0. The Labute approximate surface area is 88.3 Å². The van der Waals surface area contributed by atoms with E-state index in [1.807, 2.05) is 0 Å². The lowest BCUT2D eigenvalue weighted by atomic mass is 10.2. The van der Waals surface area contributed by atoms with E-state index in [4.69, 9.17) is 4.74 Å². The predicted molar refractivity (Wildman–Crippen MR) is 53.9 cm³/mol. The largest absolute Gasteiger partial charge is 0.383 e. The summed E-state index contributed by atoms with van der Waals surface area (Å²) in [6.45, 7) is 1.11. The smallest absolute Gasteiger partial charge is 0.250 e. The van der Waals surface area contributed by atoms with Crippen LogP contribution in [0.3, 0.4) is 0 Å². The standard InChI is InChI=1S/C8H13N3O3S/c1-14-5-8-6-4-11(15(2,12)13)10-7(6)3-9-8/h4,8-9H,3,5H2,1-2H3. The molecular weight excluding hydrogens is 218 g/mol. The van der Waals surface area contributed by atoms with Crippen molar-refractivity contribution in [1.82, 2.24) is 14.5 Å². The highest BCUT2D eigenvalue weighted by Crippen LogP contribution is 2.24. The molecular formula is C8H13N3O3S. The van der Waals surface area contributed by atoms with Gasteiger partial charge >= 0.3 is 0 Å². The van der Waals surface area contributed by atoms with Gasteiger partial charge in [0.05, 0.1) is 24.6 Å². The monoisotopic (exact) mass is 231 g/mol. The molecule has 0 spiro atoms. The molecule has 2 rings (SSSR count). The Morgan fingerprint density at radius 1 is 1.73 bits per heavy atom. The lowest BCUT2D eigenvalue weighted by Crippen LogP contribution is -2.19. The van der Waals surface area contributed by atoms with Crippen molar-refractivity contribution in [3.8, 4) is 0 Å². The molecule has 1 N–H and O–H groups in total. The van der Waals surface area contributed by atoms with Crippen LogP contribution in [0.1, 0.15) is 17.3 Å². The highest BCUT2D eigenvalue weighted by atomic mass is 32.2. The molecule has 84 valence electrons. The summed E-state index contributed by atoms with van der Waals surface area (Å²) in [5.41, 5.74) is 1.68. The number of nitrogens with one attached hydrogen (secondary N) is 1. The molecule has 1 aromatic heterocycles. The Morgan fingerprint density at radius 3 is 3.07 bits per heavy atom. The molecule has 0 radical (unpaired) electrons. The average molecular weight is 231 g/mol. The van der Waals surface area contributed by atoms with Crippen LogP contribution in [0.25, 0.3) is 0 Å². The minimum absolute atomic E-state index is 0.0421. The Hall–Kier alpha value is -0.920. The van der Waals surface area contributed by atoms with Gasteiger partial charge in [-0.15, -0.1) is 0 Å². The van der Waals surface area contributed by atoms with Gasteiger partial charge in [-0.1, -0.05) is 0 Å². The number of rotatable bonds is 3. The van der Waals surface area contributed by atoms with E-state index in [1.165, 1.54) is 0 Å². The van der Waals surface area contributed by atoms with E-state index in [9.17, 15) is 8.42 Å². The number of hydrogen-bond acceptors (Lipinski definition) is 5. The molecule has 1 aromatic rings. The number of fused-ring (bicyclic) bond motifs is 1. The Kier molecular flexibility index (Phi) is 2.53. The molecule has 0 aliphatic carbocycles. The van der Waals surface area contributed by atoms with Crippen molar-refractivity contribution >= 4 is 10.0 Å². The highest BCUT2D eigenvalue weighted by molar-refractivity contribution is 7.89. The van der Waals surface area contributed by atoms with E-state index < -0.39 is 10.0 Å². The first-order valence-corrected chi connectivity index (χ1v) is 6.38. The molecule has 0 saturated carbocycles. The Balaban J connectivity index is 2.34. The molecule has 0 fully saturated rings. The zero-order valence-corrected chi connectivity index (χ0v) is 9.41. The first-order chi connectivity index (χ1) is 7.02. The second kappa shape index (κ2) is 3.58. The summed E-state index contributed by atoms with van der Waals surface area (Å²) in [4.78, 5) is 0. The molecule has 0 bridgehead atoms. The van der Waals surface area contributed by atoms with Crippen LogP contribution in [0.5, 0.6) is 0 Å². The van der Waals surface area contributed by atoms with Crippen molar-refractivity contribution in [2.24, 2.45) is 0 Å². The number of methoxy groups -OCH3 is 1. The van der Waals surface area contributed by atoms with Crippen molar-refractivity contribution in [2.75, 3.05) is 20.0 Å². The fourth-order valence-corrected chi connectivity index (χ4v) is 2.19. The van der Waals surface area contributed by atoms with Gasteiger partial charge in [0.25, 0.3) is 10.0 Å². The molecule has 0 saturated heterocycles.